The molecular weight excluding hydrogens is 190 g/mol. The number of hydrogen-bond acceptors (Lipinski definition) is 3. The highest BCUT2D eigenvalue weighted by Gasteiger charge is 2.27. The average molecular weight is 207 g/mol. The zero-order valence-electron chi connectivity index (χ0n) is 8.84. The molecule has 1 atom stereocenters. The van der Waals surface area contributed by atoms with Crippen molar-refractivity contribution in [1.82, 2.24) is 14.5 Å². The molecule has 4 nitrogen and oxygen atoms in total. The molecule has 1 aliphatic heterocycles. The Balaban J connectivity index is 1.68. The minimum atomic E-state index is -0.123. The highest BCUT2D eigenvalue weighted by Crippen LogP contribution is 2.35. The van der Waals surface area contributed by atoms with Gasteiger partial charge in [0.05, 0.1) is 18.1 Å². The van der Waals surface area contributed by atoms with Gasteiger partial charge in [-0.25, -0.2) is 4.98 Å². The smallest absolute Gasteiger partial charge is 0.0951 e. The van der Waals surface area contributed by atoms with Crippen molar-refractivity contribution in [2.75, 3.05) is 13.1 Å². The summed E-state index contributed by atoms with van der Waals surface area (Å²) in [5.74, 6) is 0. The van der Waals surface area contributed by atoms with Gasteiger partial charge in [-0.05, 0) is 19.3 Å². The molecule has 1 aromatic heterocycles. The molecular formula is C11H17N3O. The molecule has 4 heteroatoms. The number of aliphatic hydroxyl groups excluding tert-OH is 1. The van der Waals surface area contributed by atoms with E-state index >= 15 is 0 Å². The van der Waals surface area contributed by atoms with Gasteiger partial charge >= 0.3 is 0 Å². The lowest BCUT2D eigenvalue weighted by atomic mass is 10.3. The van der Waals surface area contributed by atoms with Gasteiger partial charge < -0.3 is 9.67 Å². The lowest BCUT2D eigenvalue weighted by molar-refractivity contribution is 0.174. The van der Waals surface area contributed by atoms with E-state index in [9.17, 15) is 5.11 Å². The van der Waals surface area contributed by atoms with Gasteiger partial charge in [0.25, 0.3) is 0 Å². The Hall–Kier alpha value is -0.870. The van der Waals surface area contributed by atoms with Crippen LogP contribution >= 0.6 is 0 Å². The van der Waals surface area contributed by atoms with E-state index in [-0.39, 0.29) is 6.10 Å². The van der Waals surface area contributed by atoms with E-state index < -0.39 is 0 Å². The number of aliphatic hydroxyl groups is 1. The molecule has 0 aromatic carbocycles. The van der Waals surface area contributed by atoms with E-state index in [1.165, 1.54) is 18.5 Å². The molecule has 2 heterocycles. The molecule has 1 aromatic rings. The van der Waals surface area contributed by atoms with E-state index in [0.717, 1.165) is 26.1 Å². The summed E-state index contributed by atoms with van der Waals surface area (Å²) in [6.45, 7) is 2.76. The average Bonchev–Trinajstić information content (AvgIpc) is 2.83. The minimum absolute atomic E-state index is 0.123. The first kappa shape index (κ1) is 9.36. The van der Waals surface area contributed by atoms with Gasteiger partial charge in [0.2, 0.25) is 0 Å². The van der Waals surface area contributed by atoms with Crippen molar-refractivity contribution < 1.29 is 5.11 Å². The lowest BCUT2D eigenvalue weighted by Gasteiger charge is -2.15. The number of imidazole rings is 1. The third-order valence-corrected chi connectivity index (χ3v) is 3.32. The van der Waals surface area contributed by atoms with Crippen LogP contribution in [0.15, 0.2) is 12.5 Å². The van der Waals surface area contributed by atoms with E-state index in [2.05, 4.69) is 14.5 Å². The van der Waals surface area contributed by atoms with Crippen LogP contribution in [0.25, 0.3) is 0 Å². The fourth-order valence-corrected chi connectivity index (χ4v) is 2.32. The number of β-amino-alcohol motifs (C(OH)–C–C–N with tert-alkyl or cyclic N) is 1. The minimum Gasteiger partial charge on any atom is -0.392 e. The summed E-state index contributed by atoms with van der Waals surface area (Å²) < 4.78 is 2.30. The summed E-state index contributed by atoms with van der Waals surface area (Å²) in [5, 5.41) is 9.45. The third kappa shape index (κ3) is 1.92. The zero-order valence-corrected chi connectivity index (χ0v) is 8.84. The van der Waals surface area contributed by atoms with Crippen molar-refractivity contribution in [2.24, 2.45) is 0 Å². The Bertz CT molecular complexity index is 345. The van der Waals surface area contributed by atoms with Gasteiger partial charge in [-0.3, -0.25) is 4.90 Å². The van der Waals surface area contributed by atoms with Crippen LogP contribution in [0.3, 0.4) is 0 Å². The highest BCUT2D eigenvalue weighted by atomic mass is 16.3. The van der Waals surface area contributed by atoms with Crippen LogP contribution in [-0.4, -0.2) is 38.8 Å². The predicted octanol–water partition coefficient (Wildman–Crippen LogP) is 0.785. The lowest BCUT2D eigenvalue weighted by Crippen LogP contribution is -2.22. The molecule has 1 N–H and O–H groups in total. The first-order valence-electron chi connectivity index (χ1n) is 5.74. The molecule has 1 aliphatic carbocycles. The molecule has 2 fully saturated rings. The Morgan fingerprint density at radius 3 is 2.93 bits per heavy atom. The van der Waals surface area contributed by atoms with Crippen molar-refractivity contribution in [2.45, 2.75) is 38.0 Å². The van der Waals surface area contributed by atoms with Crippen molar-refractivity contribution in [1.29, 1.82) is 0 Å². The first-order valence-corrected chi connectivity index (χ1v) is 5.74. The summed E-state index contributed by atoms with van der Waals surface area (Å²) in [4.78, 5) is 6.52. The first-order chi connectivity index (χ1) is 7.33. The van der Waals surface area contributed by atoms with E-state index in [0.29, 0.717) is 6.04 Å². The second-order valence-corrected chi connectivity index (χ2v) is 4.70. The maximum absolute atomic E-state index is 9.45. The molecule has 1 saturated carbocycles. The topological polar surface area (TPSA) is 41.3 Å². The molecule has 82 valence electrons. The second kappa shape index (κ2) is 3.61. The Labute approximate surface area is 89.5 Å². The largest absolute Gasteiger partial charge is 0.392 e. The number of likely N-dealkylation sites (tertiary alicyclic amines) is 1. The normalized spacial score (nSPS) is 27.4. The van der Waals surface area contributed by atoms with Gasteiger partial charge in [0.1, 0.15) is 0 Å². The summed E-state index contributed by atoms with van der Waals surface area (Å²) in [6, 6.07) is 0.704. The molecule has 0 spiro atoms. The van der Waals surface area contributed by atoms with Crippen molar-refractivity contribution >= 4 is 0 Å². The van der Waals surface area contributed by atoms with E-state index in [1.807, 2.05) is 12.5 Å². The fourth-order valence-electron chi connectivity index (χ4n) is 2.32. The van der Waals surface area contributed by atoms with E-state index in [4.69, 9.17) is 0 Å². The molecule has 3 rings (SSSR count). The Morgan fingerprint density at radius 1 is 1.40 bits per heavy atom. The van der Waals surface area contributed by atoms with Gasteiger partial charge in [-0.15, -0.1) is 0 Å². The Kier molecular flexibility index (Phi) is 2.25. The molecule has 0 bridgehead atoms. The molecule has 0 unspecified atom stereocenters. The molecule has 0 amide bonds. The van der Waals surface area contributed by atoms with Crippen LogP contribution in [0.2, 0.25) is 0 Å². The van der Waals surface area contributed by atoms with Gasteiger partial charge in [0, 0.05) is 31.9 Å². The second-order valence-electron chi connectivity index (χ2n) is 4.70. The van der Waals surface area contributed by atoms with Gasteiger partial charge in [-0.1, -0.05) is 0 Å². The van der Waals surface area contributed by atoms with Crippen LogP contribution in [0.5, 0.6) is 0 Å². The van der Waals surface area contributed by atoms with Crippen molar-refractivity contribution in [3.05, 3.63) is 18.2 Å². The summed E-state index contributed by atoms with van der Waals surface area (Å²) in [6.07, 6.45) is 7.29. The maximum atomic E-state index is 9.45. The standard InChI is InChI=1S/C11H17N3O/c15-11-3-4-13(7-11)6-10-5-12-8-14(10)9-1-2-9/h5,8-9,11,15H,1-4,6-7H2/t11-/m1/s1. The van der Waals surface area contributed by atoms with Crippen molar-refractivity contribution in [3.63, 3.8) is 0 Å². The molecule has 15 heavy (non-hydrogen) atoms. The van der Waals surface area contributed by atoms with Crippen LogP contribution in [-0.2, 0) is 6.54 Å². The number of hydrogen-bond donors (Lipinski definition) is 1. The Morgan fingerprint density at radius 2 is 2.27 bits per heavy atom. The summed E-state index contributed by atoms with van der Waals surface area (Å²) >= 11 is 0. The monoisotopic (exact) mass is 207 g/mol. The summed E-state index contributed by atoms with van der Waals surface area (Å²) in [5.41, 5.74) is 1.30. The van der Waals surface area contributed by atoms with E-state index in [1.54, 1.807) is 0 Å². The molecule has 1 saturated heterocycles. The summed E-state index contributed by atoms with van der Waals surface area (Å²) in [7, 11) is 0. The SMILES string of the molecule is O[C@@H]1CCN(Cc2cncn2C2CC2)C1. The number of aromatic nitrogens is 2. The van der Waals surface area contributed by atoms with Gasteiger partial charge in [0.15, 0.2) is 0 Å². The molecule has 2 aliphatic rings. The van der Waals surface area contributed by atoms with Crippen LogP contribution in [0.1, 0.15) is 31.0 Å². The van der Waals surface area contributed by atoms with Crippen LogP contribution in [0.4, 0.5) is 0 Å². The third-order valence-electron chi connectivity index (χ3n) is 3.32. The zero-order chi connectivity index (χ0) is 10.3. The van der Waals surface area contributed by atoms with Crippen LogP contribution < -0.4 is 0 Å². The number of nitrogens with zero attached hydrogens (tertiary/aromatic N) is 3. The fraction of sp³-hybridized carbons (Fsp3) is 0.727. The highest BCUT2D eigenvalue weighted by molar-refractivity contribution is 5.04. The molecule has 0 radical (unpaired) electrons. The van der Waals surface area contributed by atoms with Gasteiger partial charge in [-0.2, -0.15) is 0 Å². The number of rotatable bonds is 3. The van der Waals surface area contributed by atoms with Crippen molar-refractivity contribution in [3.8, 4) is 0 Å². The quantitative estimate of drug-likeness (QED) is 0.796. The maximum Gasteiger partial charge on any atom is 0.0951 e. The predicted molar refractivity (Wildman–Crippen MR) is 56.4 cm³/mol. The van der Waals surface area contributed by atoms with Crippen LogP contribution in [0, 0.1) is 0 Å².